The topological polar surface area (TPSA) is 46.6 Å². The Morgan fingerprint density at radius 1 is 1.38 bits per heavy atom. The first kappa shape index (κ1) is 15.9. The second-order valence-electron chi connectivity index (χ2n) is 5.31. The fourth-order valence-electron chi connectivity index (χ4n) is 2.47. The summed E-state index contributed by atoms with van der Waals surface area (Å²) in [5.74, 6) is 2.11. The normalized spacial score (nSPS) is 18.1. The molecule has 1 unspecified atom stereocenters. The molecule has 0 saturated carbocycles. The zero-order valence-corrected chi connectivity index (χ0v) is 13.3. The van der Waals surface area contributed by atoms with E-state index in [2.05, 4.69) is 0 Å². The molecule has 114 valence electrons. The maximum absolute atomic E-state index is 12.0. The van der Waals surface area contributed by atoms with Crippen LogP contribution in [0.1, 0.15) is 18.9 Å². The number of amides is 1. The summed E-state index contributed by atoms with van der Waals surface area (Å²) in [5.41, 5.74) is 1.20. The number of rotatable bonds is 6. The van der Waals surface area contributed by atoms with E-state index in [1.54, 1.807) is 14.0 Å². The van der Waals surface area contributed by atoms with Gasteiger partial charge in [-0.3, -0.25) is 9.59 Å². The van der Waals surface area contributed by atoms with E-state index in [9.17, 15) is 9.59 Å². The van der Waals surface area contributed by atoms with Crippen molar-refractivity contribution in [1.29, 1.82) is 0 Å². The predicted octanol–water partition coefficient (Wildman–Crippen LogP) is 2.37. The standard InChI is InChI=1S/C16H21NO3S/c1-12(18)21-11-14-9-16(19)17(10-14)8-7-13-3-5-15(20-2)6-4-13/h3-6,14H,7-11H2,1-2H3. The lowest BCUT2D eigenvalue weighted by molar-refractivity contribution is -0.127. The van der Waals surface area contributed by atoms with Crippen molar-refractivity contribution in [2.45, 2.75) is 19.8 Å². The second kappa shape index (κ2) is 7.50. The molecule has 1 heterocycles. The zero-order chi connectivity index (χ0) is 15.2. The molecule has 1 aliphatic heterocycles. The van der Waals surface area contributed by atoms with Gasteiger partial charge in [0.25, 0.3) is 0 Å². The Balaban J connectivity index is 1.80. The van der Waals surface area contributed by atoms with E-state index >= 15 is 0 Å². The van der Waals surface area contributed by atoms with Gasteiger partial charge >= 0.3 is 0 Å². The van der Waals surface area contributed by atoms with E-state index in [0.717, 1.165) is 31.0 Å². The molecule has 0 aromatic heterocycles. The van der Waals surface area contributed by atoms with Gasteiger partial charge in [0.15, 0.2) is 5.12 Å². The molecule has 1 aromatic rings. The lowest BCUT2D eigenvalue weighted by atomic mass is 10.1. The van der Waals surface area contributed by atoms with Crippen LogP contribution in [-0.2, 0) is 16.0 Å². The fourth-order valence-corrected chi connectivity index (χ4v) is 3.17. The second-order valence-corrected chi connectivity index (χ2v) is 6.51. The van der Waals surface area contributed by atoms with Crippen LogP contribution >= 0.6 is 11.8 Å². The Morgan fingerprint density at radius 2 is 2.10 bits per heavy atom. The average molecular weight is 307 g/mol. The number of carbonyl (C=O) groups is 2. The van der Waals surface area contributed by atoms with Crippen molar-refractivity contribution in [3.63, 3.8) is 0 Å². The van der Waals surface area contributed by atoms with Crippen LogP contribution < -0.4 is 4.74 Å². The number of ether oxygens (including phenoxy) is 1. The first-order valence-corrected chi connectivity index (χ1v) is 8.11. The van der Waals surface area contributed by atoms with Gasteiger partial charge in [0.1, 0.15) is 5.75 Å². The Morgan fingerprint density at radius 3 is 2.71 bits per heavy atom. The summed E-state index contributed by atoms with van der Waals surface area (Å²) >= 11 is 1.32. The summed E-state index contributed by atoms with van der Waals surface area (Å²) in [5, 5.41) is 0.124. The quantitative estimate of drug-likeness (QED) is 0.809. The molecule has 5 heteroatoms. The number of methoxy groups -OCH3 is 1. The molecule has 1 aliphatic rings. The molecule has 0 radical (unpaired) electrons. The number of thioether (sulfide) groups is 1. The molecule has 0 bridgehead atoms. The molecule has 1 fully saturated rings. The minimum atomic E-state index is 0.124. The summed E-state index contributed by atoms with van der Waals surface area (Å²) in [6, 6.07) is 7.94. The summed E-state index contributed by atoms with van der Waals surface area (Å²) < 4.78 is 5.13. The zero-order valence-electron chi connectivity index (χ0n) is 12.5. The van der Waals surface area contributed by atoms with E-state index in [0.29, 0.717) is 12.3 Å². The molecule has 0 spiro atoms. The fraction of sp³-hybridized carbons (Fsp3) is 0.500. The van der Waals surface area contributed by atoms with E-state index < -0.39 is 0 Å². The van der Waals surface area contributed by atoms with Crippen LogP contribution in [0.5, 0.6) is 5.75 Å². The monoisotopic (exact) mass is 307 g/mol. The van der Waals surface area contributed by atoms with Crippen molar-refractivity contribution in [1.82, 2.24) is 4.90 Å². The average Bonchev–Trinajstić information content (AvgIpc) is 2.84. The van der Waals surface area contributed by atoms with Gasteiger partial charge in [-0.15, -0.1) is 0 Å². The highest BCUT2D eigenvalue weighted by molar-refractivity contribution is 8.13. The highest BCUT2D eigenvalue weighted by Crippen LogP contribution is 2.22. The SMILES string of the molecule is COc1ccc(CCN2CC(CSC(C)=O)CC2=O)cc1. The van der Waals surface area contributed by atoms with E-state index in [-0.39, 0.29) is 11.0 Å². The van der Waals surface area contributed by atoms with Crippen LogP contribution in [0.15, 0.2) is 24.3 Å². The first-order chi connectivity index (χ1) is 10.1. The van der Waals surface area contributed by atoms with Crippen molar-refractivity contribution in [3.05, 3.63) is 29.8 Å². The molecule has 4 nitrogen and oxygen atoms in total. The van der Waals surface area contributed by atoms with Crippen LogP contribution in [0, 0.1) is 5.92 Å². The summed E-state index contributed by atoms with van der Waals surface area (Å²) in [4.78, 5) is 24.9. The molecule has 0 aliphatic carbocycles. The van der Waals surface area contributed by atoms with Gasteiger partial charge in [-0.25, -0.2) is 0 Å². The van der Waals surface area contributed by atoms with E-state index in [4.69, 9.17) is 4.74 Å². The number of carbonyl (C=O) groups excluding carboxylic acids is 2. The van der Waals surface area contributed by atoms with Gasteiger partial charge in [0.05, 0.1) is 7.11 Å². The van der Waals surface area contributed by atoms with Gasteiger partial charge in [-0.1, -0.05) is 23.9 Å². The lowest BCUT2D eigenvalue weighted by Crippen LogP contribution is -2.27. The van der Waals surface area contributed by atoms with Crippen LogP contribution in [0.25, 0.3) is 0 Å². The molecule has 1 atom stereocenters. The summed E-state index contributed by atoms with van der Waals surface area (Å²) in [6.45, 7) is 3.09. The van der Waals surface area contributed by atoms with Crippen molar-refractivity contribution in [2.75, 3.05) is 26.0 Å². The Hall–Kier alpha value is -1.49. The third kappa shape index (κ3) is 4.77. The molecular formula is C16H21NO3S. The van der Waals surface area contributed by atoms with E-state index in [1.165, 1.54) is 17.3 Å². The van der Waals surface area contributed by atoms with Gasteiger partial charge < -0.3 is 9.64 Å². The van der Waals surface area contributed by atoms with Crippen LogP contribution in [0.4, 0.5) is 0 Å². The summed E-state index contributed by atoms with van der Waals surface area (Å²) in [7, 11) is 1.65. The number of hydrogen-bond donors (Lipinski definition) is 0. The van der Waals surface area contributed by atoms with Gasteiger partial charge in [0.2, 0.25) is 5.91 Å². The van der Waals surface area contributed by atoms with Crippen molar-refractivity contribution >= 4 is 22.8 Å². The van der Waals surface area contributed by atoms with Crippen molar-refractivity contribution < 1.29 is 14.3 Å². The highest BCUT2D eigenvalue weighted by Gasteiger charge is 2.29. The van der Waals surface area contributed by atoms with Crippen LogP contribution in [0.3, 0.4) is 0 Å². The molecule has 1 saturated heterocycles. The Labute approximate surface area is 129 Å². The van der Waals surface area contributed by atoms with Gasteiger partial charge in [-0.2, -0.15) is 0 Å². The van der Waals surface area contributed by atoms with Crippen molar-refractivity contribution in [3.8, 4) is 5.75 Å². The number of hydrogen-bond acceptors (Lipinski definition) is 4. The molecule has 0 N–H and O–H groups in total. The minimum absolute atomic E-state index is 0.124. The lowest BCUT2D eigenvalue weighted by Gasteiger charge is -2.16. The summed E-state index contributed by atoms with van der Waals surface area (Å²) in [6.07, 6.45) is 1.42. The predicted molar refractivity (Wildman–Crippen MR) is 84.5 cm³/mol. The first-order valence-electron chi connectivity index (χ1n) is 7.12. The molecule has 1 aromatic carbocycles. The van der Waals surface area contributed by atoms with Crippen LogP contribution in [-0.4, -0.2) is 41.9 Å². The number of likely N-dealkylation sites (tertiary alicyclic amines) is 1. The van der Waals surface area contributed by atoms with Crippen LogP contribution in [0.2, 0.25) is 0 Å². The largest absolute Gasteiger partial charge is 0.497 e. The molecular weight excluding hydrogens is 286 g/mol. The Kier molecular flexibility index (Phi) is 5.67. The maximum Gasteiger partial charge on any atom is 0.222 e. The van der Waals surface area contributed by atoms with Gasteiger partial charge in [-0.05, 0) is 30.0 Å². The minimum Gasteiger partial charge on any atom is -0.497 e. The third-order valence-electron chi connectivity index (χ3n) is 3.65. The number of nitrogens with zero attached hydrogens (tertiary/aromatic N) is 1. The van der Waals surface area contributed by atoms with Gasteiger partial charge in [0, 0.05) is 32.2 Å². The van der Waals surface area contributed by atoms with Crippen molar-refractivity contribution in [2.24, 2.45) is 5.92 Å². The van der Waals surface area contributed by atoms with E-state index in [1.807, 2.05) is 29.2 Å². The molecule has 2 rings (SSSR count). The molecule has 21 heavy (non-hydrogen) atoms. The highest BCUT2D eigenvalue weighted by atomic mass is 32.2. The third-order valence-corrected chi connectivity index (χ3v) is 4.69. The number of benzene rings is 1. The maximum atomic E-state index is 12.0. The smallest absolute Gasteiger partial charge is 0.222 e. The molecule has 1 amide bonds. The Bertz CT molecular complexity index is 501.